The van der Waals surface area contributed by atoms with Crippen molar-refractivity contribution < 1.29 is 0 Å². The molecule has 0 radical (unpaired) electrons. The predicted molar refractivity (Wildman–Crippen MR) is 135 cm³/mol. The minimum atomic E-state index is 0.812. The highest BCUT2D eigenvalue weighted by atomic mass is 15.3. The number of hydrogen-bond donors (Lipinski definition) is 1. The Labute approximate surface area is 189 Å². The van der Waals surface area contributed by atoms with Crippen LogP contribution in [0.5, 0.6) is 0 Å². The van der Waals surface area contributed by atoms with E-state index in [-0.39, 0.29) is 0 Å². The first kappa shape index (κ1) is 29.0. The normalized spacial score (nSPS) is 18.6. The Morgan fingerprint density at radius 3 is 1.77 bits per heavy atom. The summed E-state index contributed by atoms with van der Waals surface area (Å²) in [6, 6.07) is 0. The monoisotopic (exact) mass is 423 g/mol. The number of nitrogens with one attached hydrogen (secondary N) is 1. The molecule has 2 rings (SSSR count). The van der Waals surface area contributed by atoms with Crippen LogP contribution >= 0.6 is 0 Å². The molecule has 178 valence electrons. The second-order valence-corrected chi connectivity index (χ2v) is 9.42. The molecule has 0 saturated carbocycles. The maximum absolute atomic E-state index is 4.13. The lowest BCUT2D eigenvalue weighted by Crippen LogP contribution is -2.44. The second kappa shape index (κ2) is 17.6. The number of nitrogens with zero attached hydrogens (tertiary/aromatic N) is 4. The van der Waals surface area contributed by atoms with Gasteiger partial charge in [-0.25, -0.2) is 0 Å². The molecule has 2 aliphatic rings. The van der Waals surface area contributed by atoms with E-state index in [4.69, 9.17) is 0 Å². The molecular formula is C25H53N5. The van der Waals surface area contributed by atoms with Gasteiger partial charge >= 0.3 is 0 Å². The minimum absolute atomic E-state index is 0.812. The molecular weight excluding hydrogens is 370 g/mol. The van der Waals surface area contributed by atoms with E-state index >= 15 is 0 Å². The highest BCUT2D eigenvalue weighted by molar-refractivity contribution is 5.00. The molecule has 2 aliphatic heterocycles. The standard InChI is InChI=1S/C12H24N2.C10H22N2.C3H7N/c1-5-14-9-8-13(10-12(14)4)7-6-11(2)3;1-10(2)4-5-12-8-6-11(3)7-9-12;1-3-4-2/h11H,4-10H2,1-3H3;10H,4-9H2,1-3H3;3-4H,1H2,2H3. The molecule has 0 amide bonds. The SMILES string of the molecule is C=C1CN(CCC(C)C)CCN1CC.C=CNC.CC(C)CCN1CCN(C)CC1. The molecule has 2 saturated heterocycles. The van der Waals surface area contributed by atoms with Gasteiger partial charge in [0, 0.05) is 65.1 Å². The number of rotatable bonds is 8. The van der Waals surface area contributed by atoms with Crippen LogP contribution in [0.4, 0.5) is 0 Å². The molecule has 2 heterocycles. The van der Waals surface area contributed by atoms with Crippen molar-refractivity contribution in [1.82, 2.24) is 24.9 Å². The average molecular weight is 424 g/mol. The van der Waals surface area contributed by atoms with Gasteiger partial charge in [0.15, 0.2) is 0 Å². The van der Waals surface area contributed by atoms with Crippen LogP contribution in [-0.4, -0.2) is 99.1 Å². The van der Waals surface area contributed by atoms with Crippen LogP contribution in [0.15, 0.2) is 25.1 Å². The van der Waals surface area contributed by atoms with E-state index in [2.05, 4.69) is 79.7 Å². The molecule has 0 unspecified atom stereocenters. The fourth-order valence-electron chi connectivity index (χ4n) is 3.38. The van der Waals surface area contributed by atoms with Gasteiger partial charge in [-0.15, -0.1) is 0 Å². The van der Waals surface area contributed by atoms with Gasteiger partial charge in [-0.1, -0.05) is 40.9 Å². The summed E-state index contributed by atoms with van der Waals surface area (Å²) in [5.74, 6) is 1.66. The first-order valence-electron chi connectivity index (χ1n) is 12.1. The van der Waals surface area contributed by atoms with Gasteiger partial charge in [-0.05, 0) is 57.9 Å². The third-order valence-corrected chi connectivity index (χ3v) is 5.77. The lowest BCUT2D eigenvalue weighted by atomic mass is 10.1. The summed E-state index contributed by atoms with van der Waals surface area (Å²) in [5.41, 5.74) is 1.29. The Morgan fingerprint density at radius 2 is 1.37 bits per heavy atom. The number of hydrogen-bond acceptors (Lipinski definition) is 5. The van der Waals surface area contributed by atoms with Crippen molar-refractivity contribution in [3.63, 3.8) is 0 Å². The summed E-state index contributed by atoms with van der Waals surface area (Å²) in [6.07, 6.45) is 4.28. The molecule has 0 atom stereocenters. The van der Waals surface area contributed by atoms with Crippen molar-refractivity contribution in [1.29, 1.82) is 0 Å². The van der Waals surface area contributed by atoms with Crippen molar-refractivity contribution in [3.05, 3.63) is 25.1 Å². The van der Waals surface area contributed by atoms with Gasteiger partial charge in [0.25, 0.3) is 0 Å². The summed E-state index contributed by atoms with van der Waals surface area (Å²) in [4.78, 5) is 9.90. The first-order valence-corrected chi connectivity index (χ1v) is 12.1. The molecule has 0 aromatic heterocycles. The Hall–Kier alpha value is -1.04. The largest absolute Gasteiger partial charge is 0.394 e. The molecule has 1 N–H and O–H groups in total. The van der Waals surface area contributed by atoms with Crippen LogP contribution in [0, 0.1) is 11.8 Å². The van der Waals surface area contributed by atoms with Crippen molar-refractivity contribution >= 4 is 0 Å². The lowest BCUT2D eigenvalue weighted by molar-refractivity contribution is 0.148. The molecule has 30 heavy (non-hydrogen) atoms. The van der Waals surface area contributed by atoms with Gasteiger partial charge < -0.3 is 20.0 Å². The van der Waals surface area contributed by atoms with Gasteiger partial charge in [-0.3, -0.25) is 4.90 Å². The van der Waals surface area contributed by atoms with Crippen molar-refractivity contribution in [2.45, 2.75) is 47.5 Å². The van der Waals surface area contributed by atoms with Crippen LogP contribution in [-0.2, 0) is 0 Å². The zero-order valence-electron chi connectivity index (χ0n) is 21.4. The van der Waals surface area contributed by atoms with Gasteiger partial charge in [0.05, 0.1) is 0 Å². The quantitative estimate of drug-likeness (QED) is 0.640. The number of piperazine rings is 2. The molecule has 5 heteroatoms. The van der Waals surface area contributed by atoms with Gasteiger partial charge in [0.2, 0.25) is 0 Å². The third-order valence-electron chi connectivity index (χ3n) is 5.77. The maximum atomic E-state index is 4.13. The minimum Gasteiger partial charge on any atom is -0.394 e. The topological polar surface area (TPSA) is 25.0 Å². The van der Waals surface area contributed by atoms with E-state index in [1.165, 1.54) is 64.4 Å². The molecule has 0 aliphatic carbocycles. The van der Waals surface area contributed by atoms with E-state index in [0.717, 1.165) is 31.5 Å². The van der Waals surface area contributed by atoms with Crippen LogP contribution < -0.4 is 5.32 Å². The van der Waals surface area contributed by atoms with Crippen molar-refractivity contribution in [2.24, 2.45) is 11.8 Å². The van der Waals surface area contributed by atoms with Crippen LogP contribution in [0.2, 0.25) is 0 Å². The smallest absolute Gasteiger partial charge is 0.0378 e. The summed E-state index contributed by atoms with van der Waals surface area (Å²) in [6.45, 7) is 31.0. The predicted octanol–water partition coefficient (Wildman–Crippen LogP) is 3.81. The van der Waals surface area contributed by atoms with E-state index in [9.17, 15) is 0 Å². The second-order valence-electron chi connectivity index (χ2n) is 9.42. The summed E-state index contributed by atoms with van der Waals surface area (Å²) in [7, 11) is 4.02. The Morgan fingerprint density at radius 1 is 0.900 bits per heavy atom. The van der Waals surface area contributed by atoms with Gasteiger partial charge in [0.1, 0.15) is 0 Å². The highest BCUT2D eigenvalue weighted by Gasteiger charge is 2.17. The highest BCUT2D eigenvalue weighted by Crippen LogP contribution is 2.12. The summed E-state index contributed by atoms with van der Waals surface area (Å²) < 4.78 is 0. The fourth-order valence-corrected chi connectivity index (χ4v) is 3.38. The maximum Gasteiger partial charge on any atom is 0.0378 e. The third kappa shape index (κ3) is 14.9. The van der Waals surface area contributed by atoms with Crippen molar-refractivity contribution in [2.75, 3.05) is 79.5 Å². The van der Waals surface area contributed by atoms with E-state index in [1.807, 2.05) is 7.05 Å². The van der Waals surface area contributed by atoms with Crippen LogP contribution in [0.1, 0.15) is 47.5 Å². The van der Waals surface area contributed by atoms with E-state index < -0.39 is 0 Å². The summed E-state index contributed by atoms with van der Waals surface area (Å²) >= 11 is 0. The molecule has 0 aromatic carbocycles. The Kier molecular flexibility index (Phi) is 17.0. The zero-order chi connectivity index (χ0) is 22.9. The zero-order valence-corrected chi connectivity index (χ0v) is 21.4. The molecule has 0 bridgehead atoms. The lowest BCUT2D eigenvalue weighted by Gasteiger charge is -2.37. The Bertz CT molecular complexity index is 427. The fraction of sp³-hybridized carbons (Fsp3) is 0.840. The van der Waals surface area contributed by atoms with Crippen LogP contribution in [0.25, 0.3) is 0 Å². The molecule has 0 spiro atoms. The van der Waals surface area contributed by atoms with Crippen molar-refractivity contribution in [3.8, 4) is 0 Å². The molecule has 5 nitrogen and oxygen atoms in total. The number of likely N-dealkylation sites (N-methyl/N-ethyl adjacent to an activating group) is 2. The molecule has 2 fully saturated rings. The Balaban J connectivity index is 0.000000481. The summed E-state index contributed by atoms with van der Waals surface area (Å²) in [5, 5.41) is 2.69. The van der Waals surface area contributed by atoms with Crippen LogP contribution in [0.3, 0.4) is 0 Å². The first-order chi connectivity index (χ1) is 14.2. The van der Waals surface area contributed by atoms with E-state index in [0.29, 0.717) is 0 Å². The average Bonchev–Trinajstić information content (AvgIpc) is 2.72. The molecule has 0 aromatic rings. The van der Waals surface area contributed by atoms with Gasteiger partial charge in [-0.2, -0.15) is 0 Å². The van der Waals surface area contributed by atoms with E-state index in [1.54, 1.807) is 6.20 Å².